The molecule has 27 heavy (non-hydrogen) atoms. The van der Waals surface area contributed by atoms with Crippen molar-refractivity contribution in [3.8, 4) is 39.1 Å². The van der Waals surface area contributed by atoms with Crippen LogP contribution in [0.4, 0.5) is 5.69 Å². The topological polar surface area (TPSA) is 52.6 Å². The van der Waals surface area contributed by atoms with Crippen LogP contribution in [0, 0.1) is 6.92 Å². The van der Waals surface area contributed by atoms with Gasteiger partial charge in [-0.25, -0.2) is 4.98 Å². The van der Waals surface area contributed by atoms with Crippen LogP contribution in [0.5, 0.6) is 17.2 Å². The fourth-order valence-electron chi connectivity index (χ4n) is 3.19. The lowest BCUT2D eigenvalue weighted by Crippen LogP contribution is -2.27. The number of benzene rings is 2. The van der Waals surface area contributed by atoms with E-state index in [0.717, 1.165) is 39.8 Å². The second kappa shape index (κ2) is 7.12. The number of thiazole rings is 1. The van der Waals surface area contributed by atoms with Crippen molar-refractivity contribution in [3.05, 3.63) is 41.3 Å². The number of hydrogen-bond donors (Lipinski definition) is 1. The summed E-state index contributed by atoms with van der Waals surface area (Å²) in [6, 6.07) is 12.1. The van der Waals surface area contributed by atoms with Gasteiger partial charge in [0.25, 0.3) is 0 Å². The van der Waals surface area contributed by atoms with E-state index < -0.39 is 0 Å². The van der Waals surface area contributed by atoms with Gasteiger partial charge in [0.05, 0.1) is 32.1 Å². The molecule has 6 heteroatoms. The molecule has 1 aliphatic rings. The van der Waals surface area contributed by atoms with Gasteiger partial charge in [-0.3, -0.25) is 0 Å². The van der Waals surface area contributed by atoms with Gasteiger partial charge in [-0.1, -0.05) is 0 Å². The molecule has 1 aromatic heterocycles. The van der Waals surface area contributed by atoms with E-state index in [-0.39, 0.29) is 6.10 Å². The van der Waals surface area contributed by atoms with Crippen molar-refractivity contribution in [2.45, 2.75) is 20.0 Å². The zero-order valence-electron chi connectivity index (χ0n) is 15.8. The molecular weight excluding hydrogens is 360 g/mol. The second-order valence-electron chi connectivity index (χ2n) is 6.51. The third-order valence-corrected chi connectivity index (χ3v) is 5.61. The zero-order valence-corrected chi connectivity index (χ0v) is 16.6. The highest BCUT2D eigenvalue weighted by Gasteiger charge is 2.18. The SMILES string of the molecule is COc1ccc(-c2nc(-c3ccc4c(c3)NCC(C)O4)c(C)s2)cc1OC. The van der Waals surface area contributed by atoms with Gasteiger partial charge in [0, 0.05) is 16.0 Å². The third kappa shape index (κ3) is 3.32. The van der Waals surface area contributed by atoms with Crippen LogP contribution in [-0.2, 0) is 0 Å². The second-order valence-corrected chi connectivity index (χ2v) is 7.72. The van der Waals surface area contributed by atoms with Gasteiger partial charge in [0.2, 0.25) is 0 Å². The fourth-order valence-corrected chi connectivity index (χ4v) is 4.12. The Hall–Kier alpha value is -2.73. The lowest BCUT2D eigenvalue weighted by molar-refractivity contribution is 0.226. The number of nitrogens with one attached hydrogen (secondary N) is 1. The van der Waals surface area contributed by atoms with Crippen LogP contribution in [0.2, 0.25) is 0 Å². The molecule has 2 aromatic carbocycles. The normalized spacial score (nSPS) is 15.5. The van der Waals surface area contributed by atoms with Crippen LogP contribution in [0.3, 0.4) is 0 Å². The van der Waals surface area contributed by atoms with Crippen LogP contribution in [0.15, 0.2) is 36.4 Å². The van der Waals surface area contributed by atoms with E-state index in [1.54, 1.807) is 25.6 Å². The summed E-state index contributed by atoms with van der Waals surface area (Å²) < 4.78 is 16.6. The van der Waals surface area contributed by atoms with Crippen LogP contribution in [-0.4, -0.2) is 31.9 Å². The van der Waals surface area contributed by atoms with Gasteiger partial charge in [0.15, 0.2) is 11.5 Å². The van der Waals surface area contributed by atoms with Crippen LogP contribution >= 0.6 is 11.3 Å². The van der Waals surface area contributed by atoms with E-state index >= 15 is 0 Å². The Morgan fingerprint density at radius 2 is 1.85 bits per heavy atom. The first-order valence-electron chi connectivity index (χ1n) is 8.84. The molecule has 0 saturated heterocycles. The molecule has 0 bridgehead atoms. The molecule has 1 unspecified atom stereocenters. The Balaban J connectivity index is 1.70. The predicted molar refractivity (Wildman–Crippen MR) is 109 cm³/mol. The molecule has 0 fully saturated rings. The Morgan fingerprint density at radius 3 is 2.63 bits per heavy atom. The van der Waals surface area contributed by atoms with Crippen molar-refractivity contribution in [2.24, 2.45) is 0 Å². The maximum Gasteiger partial charge on any atom is 0.161 e. The summed E-state index contributed by atoms with van der Waals surface area (Å²) in [5.74, 6) is 2.31. The third-order valence-electron chi connectivity index (χ3n) is 4.59. The molecule has 5 nitrogen and oxygen atoms in total. The van der Waals surface area contributed by atoms with E-state index in [1.165, 1.54) is 4.88 Å². The van der Waals surface area contributed by atoms with Gasteiger partial charge < -0.3 is 19.5 Å². The van der Waals surface area contributed by atoms with Crippen molar-refractivity contribution >= 4 is 17.0 Å². The van der Waals surface area contributed by atoms with E-state index in [0.29, 0.717) is 11.5 Å². The average Bonchev–Trinajstić information content (AvgIpc) is 3.08. The molecular formula is C21H22N2O3S. The summed E-state index contributed by atoms with van der Waals surface area (Å²) in [5.41, 5.74) is 4.11. The smallest absolute Gasteiger partial charge is 0.161 e. The lowest BCUT2D eigenvalue weighted by atomic mass is 10.1. The largest absolute Gasteiger partial charge is 0.493 e. The minimum absolute atomic E-state index is 0.181. The zero-order chi connectivity index (χ0) is 19.0. The molecule has 140 valence electrons. The minimum Gasteiger partial charge on any atom is -0.493 e. The highest BCUT2D eigenvalue weighted by atomic mass is 32.1. The molecule has 0 spiro atoms. The Kier molecular flexibility index (Phi) is 4.66. The molecule has 1 N–H and O–H groups in total. The van der Waals surface area contributed by atoms with E-state index in [2.05, 4.69) is 31.3 Å². The van der Waals surface area contributed by atoms with Gasteiger partial charge in [-0.2, -0.15) is 0 Å². The maximum absolute atomic E-state index is 5.87. The van der Waals surface area contributed by atoms with Crippen molar-refractivity contribution in [1.29, 1.82) is 0 Å². The molecule has 2 heterocycles. The molecule has 1 atom stereocenters. The summed E-state index contributed by atoms with van der Waals surface area (Å²) in [6.45, 7) is 4.97. The van der Waals surface area contributed by atoms with E-state index in [9.17, 15) is 0 Å². The molecule has 0 saturated carbocycles. The quantitative estimate of drug-likeness (QED) is 0.688. The molecule has 3 aromatic rings. The van der Waals surface area contributed by atoms with Crippen LogP contribution < -0.4 is 19.5 Å². The summed E-state index contributed by atoms with van der Waals surface area (Å²) in [4.78, 5) is 6.07. The number of rotatable bonds is 4. The Bertz CT molecular complexity index is 984. The molecule has 0 aliphatic carbocycles. The molecule has 4 rings (SSSR count). The number of fused-ring (bicyclic) bond motifs is 1. The minimum atomic E-state index is 0.181. The summed E-state index contributed by atoms with van der Waals surface area (Å²) >= 11 is 1.67. The van der Waals surface area contributed by atoms with E-state index in [1.807, 2.05) is 24.3 Å². The summed E-state index contributed by atoms with van der Waals surface area (Å²) in [5, 5.41) is 4.39. The number of ether oxygens (including phenoxy) is 3. The van der Waals surface area contributed by atoms with Gasteiger partial charge in [0.1, 0.15) is 16.9 Å². The first kappa shape index (κ1) is 17.7. The number of nitrogens with zero attached hydrogens (tertiary/aromatic N) is 1. The number of hydrogen-bond acceptors (Lipinski definition) is 6. The highest BCUT2D eigenvalue weighted by molar-refractivity contribution is 7.15. The monoisotopic (exact) mass is 382 g/mol. The average molecular weight is 382 g/mol. The standard InChI is InChI=1S/C21H22N2O3S/c1-12-11-22-16-9-14(5-7-17(16)26-12)20-13(2)27-21(23-20)15-6-8-18(24-3)19(10-15)25-4/h5-10,12,22H,11H2,1-4H3. The predicted octanol–water partition coefficient (Wildman–Crippen LogP) is 5.00. The first-order valence-corrected chi connectivity index (χ1v) is 9.65. The fraction of sp³-hybridized carbons (Fsp3) is 0.286. The number of methoxy groups -OCH3 is 2. The van der Waals surface area contributed by atoms with Crippen molar-refractivity contribution in [1.82, 2.24) is 4.98 Å². The van der Waals surface area contributed by atoms with Crippen LogP contribution in [0.25, 0.3) is 21.8 Å². The number of anilines is 1. The van der Waals surface area contributed by atoms with Gasteiger partial charge >= 0.3 is 0 Å². The van der Waals surface area contributed by atoms with E-state index in [4.69, 9.17) is 19.2 Å². The van der Waals surface area contributed by atoms with Crippen molar-refractivity contribution < 1.29 is 14.2 Å². The maximum atomic E-state index is 5.87. The van der Waals surface area contributed by atoms with Crippen molar-refractivity contribution in [2.75, 3.05) is 26.1 Å². The highest BCUT2D eigenvalue weighted by Crippen LogP contribution is 2.39. The van der Waals surface area contributed by atoms with Gasteiger partial charge in [-0.05, 0) is 50.2 Å². The molecule has 0 amide bonds. The van der Waals surface area contributed by atoms with Gasteiger partial charge in [-0.15, -0.1) is 11.3 Å². The molecule has 0 radical (unpaired) electrons. The van der Waals surface area contributed by atoms with Crippen LogP contribution in [0.1, 0.15) is 11.8 Å². The summed E-state index contributed by atoms with van der Waals surface area (Å²) in [7, 11) is 3.28. The Labute approximate surface area is 162 Å². The number of aromatic nitrogens is 1. The Morgan fingerprint density at radius 1 is 1.07 bits per heavy atom. The first-order chi connectivity index (χ1) is 13.1. The van der Waals surface area contributed by atoms with Crippen molar-refractivity contribution in [3.63, 3.8) is 0 Å². The molecule has 1 aliphatic heterocycles. The summed E-state index contributed by atoms with van der Waals surface area (Å²) in [6.07, 6.45) is 0.181. The lowest BCUT2D eigenvalue weighted by Gasteiger charge is -2.25. The number of aryl methyl sites for hydroxylation is 1.